The summed E-state index contributed by atoms with van der Waals surface area (Å²) in [6, 6.07) is 9.70. The van der Waals surface area contributed by atoms with Gasteiger partial charge in [0.25, 0.3) is 5.91 Å². The lowest BCUT2D eigenvalue weighted by Gasteiger charge is -2.18. The summed E-state index contributed by atoms with van der Waals surface area (Å²) in [6.07, 6.45) is 2.20. The summed E-state index contributed by atoms with van der Waals surface area (Å²) in [5.41, 5.74) is 2.11. The number of carbonyl (C=O) groups is 3. The van der Waals surface area contributed by atoms with Crippen molar-refractivity contribution < 1.29 is 18.8 Å². The number of hydrogen-bond acceptors (Lipinski definition) is 4. The number of H-pyrrole nitrogens is 1. The lowest BCUT2D eigenvalue weighted by molar-refractivity contribution is -0.128. The van der Waals surface area contributed by atoms with Crippen molar-refractivity contribution in [2.24, 2.45) is 0 Å². The molecule has 0 aliphatic carbocycles. The minimum Gasteiger partial charge on any atom is -0.355 e. The fraction of sp³-hybridized carbons (Fsp3) is 0.333. The molecule has 182 valence electrons. The Morgan fingerprint density at radius 3 is 2.47 bits per heavy atom. The van der Waals surface area contributed by atoms with Crippen LogP contribution >= 0.6 is 11.6 Å². The van der Waals surface area contributed by atoms with Crippen LogP contribution in [0.5, 0.6) is 0 Å². The molecule has 3 aromatic rings. The maximum atomic E-state index is 12.1. The normalized spacial score (nSPS) is 10.3. The van der Waals surface area contributed by atoms with Crippen molar-refractivity contribution in [1.29, 1.82) is 0 Å². The third-order valence-electron chi connectivity index (χ3n) is 4.89. The minimum absolute atomic E-state index is 0.0147. The number of aryl methyl sites for hydroxylation is 1. The fourth-order valence-electron chi connectivity index (χ4n) is 3.01. The van der Waals surface area contributed by atoms with Crippen LogP contribution in [0.2, 0.25) is 5.15 Å². The molecule has 0 radical (unpaired) electrons. The molecule has 3 rings (SSSR count). The summed E-state index contributed by atoms with van der Waals surface area (Å²) in [5, 5.41) is 6.38. The van der Waals surface area contributed by atoms with Gasteiger partial charge in [-0.1, -0.05) is 29.3 Å². The van der Waals surface area contributed by atoms with Crippen LogP contribution in [0, 0.1) is 12.7 Å². The summed E-state index contributed by atoms with van der Waals surface area (Å²) in [4.78, 5) is 43.8. The van der Waals surface area contributed by atoms with E-state index in [0.717, 1.165) is 10.9 Å². The van der Waals surface area contributed by atoms with Gasteiger partial charge < -0.3 is 20.5 Å². The zero-order valence-electron chi connectivity index (χ0n) is 19.5. The van der Waals surface area contributed by atoms with Crippen LogP contribution in [0.4, 0.5) is 4.39 Å². The van der Waals surface area contributed by atoms with E-state index in [1.54, 1.807) is 35.4 Å². The third kappa shape index (κ3) is 8.82. The Morgan fingerprint density at radius 1 is 1.15 bits per heavy atom. The molecule has 1 aromatic carbocycles. The van der Waals surface area contributed by atoms with Crippen LogP contribution in [0.25, 0.3) is 10.9 Å². The number of amides is 3. The predicted octanol–water partition coefficient (Wildman–Crippen LogP) is 3.45. The monoisotopic (exact) mass is 489 g/mol. The Balaban J connectivity index is 0.000000430. The van der Waals surface area contributed by atoms with Crippen molar-refractivity contribution in [3.63, 3.8) is 0 Å². The van der Waals surface area contributed by atoms with Crippen molar-refractivity contribution in [2.45, 2.75) is 27.2 Å². The maximum absolute atomic E-state index is 12.1. The van der Waals surface area contributed by atoms with Crippen molar-refractivity contribution in [1.82, 2.24) is 25.5 Å². The van der Waals surface area contributed by atoms with Gasteiger partial charge in [-0.2, -0.15) is 0 Å². The number of aromatic nitrogens is 2. The summed E-state index contributed by atoms with van der Waals surface area (Å²) < 4.78 is 12.1. The Labute approximate surface area is 202 Å². The van der Waals surface area contributed by atoms with Gasteiger partial charge in [0.1, 0.15) is 16.7 Å². The number of rotatable bonds is 8. The number of fused-ring (bicyclic) bond motifs is 1. The van der Waals surface area contributed by atoms with Crippen LogP contribution < -0.4 is 10.6 Å². The molecule has 3 N–H and O–H groups in total. The van der Waals surface area contributed by atoms with Gasteiger partial charge in [-0.3, -0.25) is 14.4 Å². The van der Waals surface area contributed by atoms with E-state index in [1.165, 1.54) is 19.1 Å². The highest BCUT2D eigenvalue weighted by Gasteiger charge is 2.12. The molecule has 3 amide bonds. The zero-order valence-corrected chi connectivity index (χ0v) is 20.2. The van der Waals surface area contributed by atoms with Crippen molar-refractivity contribution in [3.8, 4) is 0 Å². The molecule has 0 saturated carbocycles. The average Bonchev–Trinajstić information content (AvgIpc) is 3.23. The Bertz CT molecular complexity index is 1100. The second-order valence-corrected chi connectivity index (χ2v) is 7.94. The lowest BCUT2D eigenvalue weighted by Crippen LogP contribution is -2.38. The van der Waals surface area contributed by atoms with Gasteiger partial charge in [0.15, 0.2) is 0 Å². The number of pyridine rings is 1. The first-order chi connectivity index (χ1) is 16.2. The highest BCUT2D eigenvalue weighted by atomic mass is 35.5. The highest BCUT2D eigenvalue weighted by Crippen LogP contribution is 2.17. The number of halogens is 2. The number of nitrogens with zero attached hydrogens (tertiary/aromatic N) is 2. The van der Waals surface area contributed by atoms with Gasteiger partial charge in [-0.25, -0.2) is 9.37 Å². The van der Waals surface area contributed by atoms with E-state index in [1.807, 2.05) is 13.8 Å². The second-order valence-electron chi connectivity index (χ2n) is 7.56. The van der Waals surface area contributed by atoms with E-state index in [0.29, 0.717) is 42.4 Å². The summed E-state index contributed by atoms with van der Waals surface area (Å²) >= 11 is 5.82. The minimum atomic E-state index is -0.388. The van der Waals surface area contributed by atoms with Gasteiger partial charge in [0.05, 0.1) is 18.3 Å². The molecule has 0 unspecified atom stereocenters. The molecule has 0 atom stereocenters. The van der Waals surface area contributed by atoms with E-state index >= 15 is 0 Å². The number of benzene rings is 1. The molecule has 0 aliphatic heterocycles. The van der Waals surface area contributed by atoms with Crippen LogP contribution in [0.3, 0.4) is 0 Å². The smallest absolute Gasteiger partial charge is 0.268 e. The summed E-state index contributed by atoms with van der Waals surface area (Å²) in [6.45, 7) is 6.90. The predicted molar refractivity (Wildman–Crippen MR) is 130 cm³/mol. The Kier molecular flexibility index (Phi) is 10.5. The van der Waals surface area contributed by atoms with Crippen LogP contribution in [0.15, 0.2) is 42.6 Å². The molecule has 8 nitrogen and oxygen atoms in total. The molecule has 2 aromatic heterocycles. The number of hydrogen-bond donors (Lipinski definition) is 3. The SMILES string of the molecule is CCN(CCCNC(=O)CNC(=O)c1cc2cc(Cl)ncc2[nH]1)C(C)=O.Cc1ccc(F)cc1. The molecule has 0 bridgehead atoms. The van der Waals surface area contributed by atoms with Crippen molar-refractivity contribution >= 4 is 40.2 Å². The Morgan fingerprint density at radius 2 is 1.85 bits per heavy atom. The number of aromatic amines is 1. The Hall–Kier alpha value is -3.46. The van der Waals surface area contributed by atoms with Crippen LogP contribution in [-0.4, -0.2) is 58.8 Å². The van der Waals surface area contributed by atoms with E-state index < -0.39 is 0 Å². The first-order valence-electron chi connectivity index (χ1n) is 10.9. The second kappa shape index (κ2) is 13.3. The molecular formula is C24H29ClFN5O3. The van der Waals surface area contributed by atoms with Gasteiger partial charge in [0, 0.05) is 31.9 Å². The van der Waals surface area contributed by atoms with Gasteiger partial charge in [-0.05, 0) is 44.5 Å². The molecular weight excluding hydrogens is 461 g/mol. The topological polar surface area (TPSA) is 107 Å². The van der Waals surface area contributed by atoms with Gasteiger partial charge in [0.2, 0.25) is 11.8 Å². The van der Waals surface area contributed by atoms with Crippen LogP contribution in [0.1, 0.15) is 36.3 Å². The maximum Gasteiger partial charge on any atom is 0.268 e. The molecule has 0 aliphatic rings. The van der Waals surface area contributed by atoms with Crippen molar-refractivity contribution in [3.05, 3.63) is 64.8 Å². The summed E-state index contributed by atoms with van der Waals surface area (Å²) in [7, 11) is 0. The molecule has 34 heavy (non-hydrogen) atoms. The van der Waals surface area contributed by atoms with Gasteiger partial charge in [-0.15, -0.1) is 0 Å². The van der Waals surface area contributed by atoms with E-state index in [-0.39, 0.29) is 30.1 Å². The van der Waals surface area contributed by atoms with Crippen molar-refractivity contribution in [2.75, 3.05) is 26.2 Å². The quantitative estimate of drug-likeness (QED) is 0.332. The number of nitrogens with one attached hydrogen (secondary N) is 3. The zero-order chi connectivity index (χ0) is 25.1. The van der Waals surface area contributed by atoms with E-state index in [2.05, 4.69) is 20.6 Å². The molecule has 2 heterocycles. The third-order valence-corrected chi connectivity index (χ3v) is 5.10. The average molecular weight is 490 g/mol. The lowest BCUT2D eigenvalue weighted by atomic mass is 10.2. The first kappa shape index (κ1) is 26.8. The van der Waals surface area contributed by atoms with Crippen LogP contribution in [-0.2, 0) is 9.59 Å². The van der Waals surface area contributed by atoms with E-state index in [4.69, 9.17) is 11.6 Å². The molecule has 0 spiro atoms. The largest absolute Gasteiger partial charge is 0.355 e. The fourth-order valence-corrected chi connectivity index (χ4v) is 3.18. The first-order valence-corrected chi connectivity index (χ1v) is 11.2. The van der Waals surface area contributed by atoms with Gasteiger partial charge >= 0.3 is 0 Å². The molecule has 10 heteroatoms. The standard InChI is InChI=1S/C17H22ClN5O3.C7H7F/c1-3-23(11(2)24)6-4-5-19-16(25)10-21-17(26)13-7-12-8-15(18)20-9-14(12)22-13;1-6-2-4-7(8)5-3-6/h7-9,22H,3-6,10H2,1-2H3,(H,19,25)(H,21,26);2-5H,1H3. The van der Waals surface area contributed by atoms with E-state index in [9.17, 15) is 18.8 Å². The highest BCUT2D eigenvalue weighted by molar-refractivity contribution is 6.30. The molecule has 0 fully saturated rings. The summed E-state index contributed by atoms with van der Waals surface area (Å²) in [5.74, 6) is -0.831. The molecule has 0 saturated heterocycles. The number of carbonyl (C=O) groups excluding carboxylic acids is 3.